The first-order chi connectivity index (χ1) is 14.0. The number of aryl methyl sites for hydroxylation is 2. The number of likely N-dealkylation sites (tertiary alicyclic amines) is 1. The van der Waals surface area contributed by atoms with Crippen LogP contribution in [0.2, 0.25) is 0 Å². The number of hydroxylamine groups is 1. The van der Waals surface area contributed by atoms with E-state index in [-0.39, 0.29) is 11.9 Å². The summed E-state index contributed by atoms with van der Waals surface area (Å²) in [6.07, 6.45) is 3.28. The predicted molar refractivity (Wildman–Crippen MR) is 122 cm³/mol. The zero-order valence-electron chi connectivity index (χ0n) is 16.8. The maximum atomic E-state index is 13.4. The summed E-state index contributed by atoms with van der Waals surface area (Å²) in [6.45, 7) is 6.14. The fourth-order valence-electron chi connectivity index (χ4n) is 3.66. The van der Waals surface area contributed by atoms with Gasteiger partial charge < -0.3 is 4.90 Å². The number of rotatable bonds is 5. The number of carbonyl (C=O) groups is 2. The topological polar surface area (TPSA) is 61.9 Å². The van der Waals surface area contributed by atoms with Crippen molar-refractivity contribution in [1.29, 1.82) is 0 Å². The second kappa shape index (κ2) is 10.1. The van der Waals surface area contributed by atoms with E-state index in [9.17, 15) is 9.59 Å². The third kappa shape index (κ3) is 5.48. The molecule has 1 heterocycles. The summed E-state index contributed by atoms with van der Waals surface area (Å²) in [4.78, 5) is 29.0. The fourth-order valence-corrected chi connectivity index (χ4v) is 3.86. The monoisotopic (exact) mass is 507 g/mol. The molecule has 154 valence electrons. The molecule has 0 spiro atoms. The lowest BCUT2D eigenvalue weighted by Gasteiger charge is -2.34. The summed E-state index contributed by atoms with van der Waals surface area (Å²) < 4.78 is 4.64. The van der Waals surface area contributed by atoms with Crippen LogP contribution in [0.3, 0.4) is 0 Å². The lowest BCUT2D eigenvalue weighted by molar-refractivity contribution is 0.0829. The van der Waals surface area contributed by atoms with Crippen molar-refractivity contribution in [3.8, 4) is 0 Å². The van der Waals surface area contributed by atoms with Gasteiger partial charge in [-0.1, -0.05) is 29.8 Å². The van der Waals surface area contributed by atoms with Gasteiger partial charge in [-0.2, -0.15) is 0 Å². The molecule has 1 N–H and O–H groups in total. The highest BCUT2D eigenvalue weighted by molar-refractivity contribution is 14.1. The molecule has 0 radical (unpaired) electrons. The molecule has 3 amide bonds. The molecule has 0 bridgehead atoms. The smallest absolute Gasteiger partial charge is 0.324 e. The second-order valence-corrected chi connectivity index (χ2v) is 7.85. The maximum Gasteiger partial charge on any atom is 0.324 e. The van der Waals surface area contributed by atoms with E-state index in [4.69, 9.17) is 0 Å². The van der Waals surface area contributed by atoms with Crippen LogP contribution in [-0.4, -0.2) is 29.9 Å². The third-order valence-corrected chi connectivity index (χ3v) is 5.41. The average molecular weight is 507 g/mol. The van der Waals surface area contributed by atoms with E-state index in [1.807, 2.05) is 41.0 Å². The molecule has 29 heavy (non-hydrogen) atoms. The van der Waals surface area contributed by atoms with E-state index in [0.29, 0.717) is 12.1 Å². The quantitative estimate of drug-likeness (QED) is 0.462. The molecular weight excluding hydrogens is 481 g/mol. The molecule has 6 nitrogen and oxygen atoms in total. The molecule has 0 unspecified atom stereocenters. The van der Waals surface area contributed by atoms with Gasteiger partial charge >= 0.3 is 6.03 Å². The number of nitrogens with one attached hydrogen (secondary N) is 1. The van der Waals surface area contributed by atoms with Crippen LogP contribution in [0.4, 0.5) is 10.5 Å². The maximum absolute atomic E-state index is 13.4. The first-order valence-electron chi connectivity index (χ1n) is 9.80. The number of hydrogen-bond donors (Lipinski definition) is 1. The Morgan fingerprint density at radius 2 is 1.76 bits per heavy atom. The van der Waals surface area contributed by atoms with Gasteiger partial charge in [-0.05, 0) is 62.4 Å². The van der Waals surface area contributed by atoms with Crippen LogP contribution in [0, 0.1) is 13.8 Å². The Morgan fingerprint density at radius 1 is 1.07 bits per heavy atom. The van der Waals surface area contributed by atoms with Crippen LogP contribution < -0.4 is 10.4 Å². The third-order valence-electron chi connectivity index (χ3n) is 5.19. The Morgan fingerprint density at radius 3 is 2.38 bits per heavy atom. The van der Waals surface area contributed by atoms with Gasteiger partial charge in [-0.3, -0.25) is 9.69 Å². The minimum Gasteiger partial charge on any atom is -0.324 e. The van der Waals surface area contributed by atoms with Crippen LogP contribution in [0.5, 0.6) is 0 Å². The van der Waals surface area contributed by atoms with Crippen molar-refractivity contribution in [1.82, 2.24) is 10.4 Å². The molecule has 1 aliphatic rings. The summed E-state index contributed by atoms with van der Waals surface area (Å²) in [5, 5.41) is 0. The minimum atomic E-state index is -0.304. The minimum absolute atomic E-state index is 0.0387. The van der Waals surface area contributed by atoms with Gasteiger partial charge in [0, 0.05) is 24.3 Å². The van der Waals surface area contributed by atoms with Crippen molar-refractivity contribution in [3.63, 3.8) is 0 Å². The standard InChI is InChI=1S/C22H26IN3O3/c1-16-6-11-20(17(2)14-16)26(22(28)25-12-4-3-5-13-25)15-18-7-9-19(10-8-18)21(27)24-29-23/h6-11,14H,3-5,12-13,15H2,1-2H3,(H,24,27). The van der Waals surface area contributed by atoms with E-state index in [1.165, 1.54) is 12.0 Å². The lowest BCUT2D eigenvalue weighted by atomic mass is 10.1. The summed E-state index contributed by atoms with van der Waals surface area (Å²) >= 11 is 1.61. The molecule has 1 aliphatic heterocycles. The predicted octanol–water partition coefficient (Wildman–Crippen LogP) is 4.93. The van der Waals surface area contributed by atoms with Crippen LogP contribution >= 0.6 is 23.0 Å². The molecule has 2 aromatic carbocycles. The number of piperidine rings is 1. The largest absolute Gasteiger partial charge is 0.324 e. The van der Waals surface area contributed by atoms with Gasteiger partial charge in [0.25, 0.3) is 5.91 Å². The van der Waals surface area contributed by atoms with Gasteiger partial charge in [0.15, 0.2) is 0 Å². The highest BCUT2D eigenvalue weighted by Crippen LogP contribution is 2.26. The Labute approximate surface area is 185 Å². The number of halogens is 1. The number of anilines is 1. The molecule has 3 rings (SSSR count). The van der Waals surface area contributed by atoms with E-state index < -0.39 is 0 Å². The summed E-state index contributed by atoms with van der Waals surface area (Å²) in [5.41, 5.74) is 6.93. The number of benzene rings is 2. The lowest BCUT2D eigenvalue weighted by Crippen LogP contribution is -2.45. The molecule has 0 aromatic heterocycles. The number of hydrogen-bond acceptors (Lipinski definition) is 3. The van der Waals surface area contributed by atoms with Gasteiger partial charge in [0.05, 0.1) is 6.54 Å². The molecule has 0 atom stereocenters. The van der Waals surface area contributed by atoms with Crippen LogP contribution in [0.25, 0.3) is 0 Å². The number of amides is 3. The van der Waals surface area contributed by atoms with Gasteiger partial charge in [0.1, 0.15) is 23.0 Å². The highest BCUT2D eigenvalue weighted by Gasteiger charge is 2.25. The number of carbonyl (C=O) groups excluding carboxylic acids is 2. The van der Waals surface area contributed by atoms with Crippen molar-refractivity contribution in [2.24, 2.45) is 0 Å². The zero-order valence-corrected chi connectivity index (χ0v) is 18.9. The zero-order chi connectivity index (χ0) is 20.8. The first kappa shape index (κ1) is 21.6. The summed E-state index contributed by atoms with van der Waals surface area (Å²) in [5.74, 6) is -0.304. The molecule has 0 aliphatic carbocycles. The first-order valence-corrected chi connectivity index (χ1v) is 10.7. The molecule has 1 fully saturated rings. The summed E-state index contributed by atoms with van der Waals surface area (Å²) in [7, 11) is 0. The highest BCUT2D eigenvalue weighted by atomic mass is 127. The van der Waals surface area contributed by atoms with Gasteiger partial charge in [0.2, 0.25) is 0 Å². The van der Waals surface area contributed by atoms with Crippen molar-refractivity contribution in [3.05, 3.63) is 64.7 Å². The molecule has 2 aromatic rings. The molecular formula is C22H26IN3O3. The number of urea groups is 1. The normalized spacial score (nSPS) is 13.8. The van der Waals surface area contributed by atoms with Crippen LogP contribution in [0.1, 0.15) is 46.3 Å². The summed E-state index contributed by atoms with van der Waals surface area (Å²) in [6, 6.07) is 13.4. The van der Waals surface area contributed by atoms with E-state index in [1.54, 1.807) is 35.1 Å². The van der Waals surface area contributed by atoms with E-state index in [2.05, 4.69) is 21.6 Å². The van der Waals surface area contributed by atoms with Gasteiger partial charge in [-0.25, -0.2) is 13.4 Å². The Kier molecular flexibility index (Phi) is 7.49. The average Bonchev–Trinajstić information content (AvgIpc) is 2.73. The Bertz CT molecular complexity index is 864. The van der Waals surface area contributed by atoms with Crippen molar-refractivity contribution in [2.75, 3.05) is 18.0 Å². The molecule has 1 saturated heterocycles. The Balaban J connectivity index is 1.86. The molecule has 7 heteroatoms. The van der Waals surface area contributed by atoms with Crippen LogP contribution in [0.15, 0.2) is 42.5 Å². The van der Waals surface area contributed by atoms with Crippen LogP contribution in [-0.2, 0) is 9.71 Å². The molecule has 0 saturated carbocycles. The van der Waals surface area contributed by atoms with Crippen molar-refractivity contribution in [2.45, 2.75) is 39.7 Å². The Hall–Kier alpha value is -2.13. The number of nitrogens with zero attached hydrogens (tertiary/aromatic N) is 2. The SMILES string of the molecule is Cc1ccc(N(Cc2ccc(C(=O)NOI)cc2)C(=O)N2CCCCC2)c(C)c1. The van der Waals surface area contributed by atoms with Gasteiger partial charge in [-0.15, -0.1) is 0 Å². The van der Waals surface area contributed by atoms with Crippen molar-refractivity contribution < 1.29 is 12.8 Å². The van der Waals surface area contributed by atoms with E-state index >= 15 is 0 Å². The van der Waals surface area contributed by atoms with Crippen molar-refractivity contribution >= 4 is 40.6 Å². The fraction of sp³-hybridized carbons (Fsp3) is 0.364. The second-order valence-electron chi connectivity index (χ2n) is 7.41. The van der Waals surface area contributed by atoms with E-state index in [0.717, 1.165) is 42.7 Å².